The normalized spacial score (nSPS) is 20.1. The van der Waals surface area contributed by atoms with Crippen LogP contribution in [0.15, 0.2) is 24.3 Å². The lowest BCUT2D eigenvalue weighted by Gasteiger charge is -2.58. The van der Waals surface area contributed by atoms with Crippen LogP contribution in [0.3, 0.4) is 0 Å². The van der Waals surface area contributed by atoms with Gasteiger partial charge in [0.25, 0.3) is 0 Å². The predicted molar refractivity (Wildman–Crippen MR) is 92.9 cm³/mol. The second-order valence-electron chi connectivity index (χ2n) is 8.26. The zero-order valence-electron chi connectivity index (χ0n) is 14.8. The van der Waals surface area contributed by atoms with Crippen LogP contribution in [-0.2, 0) is 5.41 Å². The SMILES string of the molecule is CCC1(CC)CC(CNC(C)(C)C)(c2ccccc2C)C1. The third-order valence-corrected chi connectivity index (χ3v) is 5.60. The molecule has 1 fully saturated rings. The Bertz CT molecular complexity index is 469. The average molecular weight is 287 g/mol. The van der Waals surface area contributed by atoms with Gasteiger partial charge in [-0.1, -0.05) is 51.0 Å². The van der Waals surface area contributed by atoms with Crippen molar-refractivity contribution in [2.45, 2.75) is 78.2 Å². The summed E-state index contributed by atoms with van der Waals surface area (Å²) in [6, 6.07) is 9.00. The van der Waals surface area contributed by atoms with Crippen LogP contribution >= 0.6 is 0 Å². The molecule has 21 heavy (non-hydrogen) atoms. The maximum absolute atomic E-state index is 3.78. The van der Waals surface area contributed by atoms with Gasteiger partial charge in [0.15, 0.2) is 0 Å². The topological polar surface area (TPSA) is 12.0 Å². The minimum absolute atomic E-state index is 0.187. The molecule has 2 rings (SSSR count). The van der Waals surface area contributed by atoms with Crippen molar-refractivity contribution in [1.29, 1.82) is 0 Å². The van der Waals surface area contributed by atoms with Crippen LogP contribution in [0.4, 0.5) is 0 Å². The second kappa shape index (κ2) is 5.76. The second-order valence-corrected chi connectivity index (χ2v) is 8.26. The summed E-state index contributed by atoms with van der Waals surface area (Å²) in [7, 11) is 0. The van der Waals surface area contributed by atoms with Crippen LogP contribution in [0.25, 0.3) is 0 Å². The number of aryl methyl sites for hydroxylation is 1. The Hall–Kier alpha value is -0.820. The molecule has 0 amide bonds. The summed E-state index contributed by atoms with van der Waals surface area (Å²) in [6.07, 6.45) is 5.29. The van der Waals surface area contributed by atoms with Crippen LogP contribution in [0.5, 0.6) is 0 Å². The van der Waals surface area contributed by atoms with E-state index >= 15 is 0 Å². The molecule has 0 radical (unpaired) electrons. The number of rotatable bonds is 5. The van der Waals surface area contributed by atoms with Crippen molar-refractivity contribution in [3.63, 3.8) is 0 Å². The summed E-state index contributed by atoms with van der Waals surface area (Å²) in [5, 5.41) is 3.78. The molecule has 0 unspecified atom stereocenters. The maximum Gasteiger partial charge on any atom is 0.00968 e. The molecule has 0 spiro atoms. The molecule has 0 aromatic heterocycles. The lowest BCUT2D eigenvalue weighted by Crippen LogP contribution is -2.57. The molecule has 1 aliphatic carbocycles. The molecule has 118 valence electrons. The van der Waals surface area contributed by atoms with Gasteiger partial charge in [-0.25, -0.2) is 0 Å². The quantitative estimate of drug-likeness (QED) is 0.782. The first-order chi connectivity index (χ1) is 9.76. The fourth-order valence-electron chi connectivity index (χ4n) is 4.15. The number of nitrogens with one attached hydrogen (secondary N) is 1. The third-order valence-electron chi connectivity index (χ3n) is 5.60. The van der Waals surface area contributed by atoms with Crippen molar-refractivity contribution in [2.24, 2.45) is 5.41 Å². The van der Waals surface area contributed by atoms with Crippen molar-refractivity contribution < 1.29 is 0 Å². The summed E-state index contributed by atoms with van der Waals surface area (Å²) in [5.74, 6) is 0. The van der Waals surface area contributed by atoms with E-state index in [0.29, 0.717) is 10.8 Å². The summed E-state index contributed by atoms with van der Waals surface area (Å²) in [5.41, 5.74) is 4.12. The van der Waals surface area contributed by atoms with E-state index in [-0.39, 0.29) is 5.54 Å². The van der Waals surface area contributed by atoms with E-state index in [9.17, 15) is 0 Å². The molecule has 0 atom stereocenters. The molecule has 1 aromatic rings. The Labute approximate surface area is 131 Å². The first-order valence-corrected chi connectivity index (χ1v) is 8.57. The van der Waals surface area contributed by atoms with Gasteiger partial charge >= 0.3 is 0 Å². The van der Waals surface area contributed by atoms with E-state index in [1.165, 1.54) is 31.2 Å². The summed E-state index contributed by atoms with van der Waals surface area (Å²) >= 11 is 0. The van der Waals surface area contributed by atoms with Crippen molar-refractivity contribution in [3.8, 4) is 0 Å². The summed E-state index contributed by atoms with van der Waals surface area (Å²) in [4.78, 5) is 0. The highest BCUT2D eigenvalue weighted by atomic mass is 15.0. The Morgan fingerprint density at radius 1 is 1.05 bits per heavy atom. The molecule has 1 saturated carbocycles. The van der Waals surface area contributed by atoms with E-state index in [4.69, 9.17) is 0 Å². The Balaban J connectivity index is 2.27. The summed E-state index contributed by atoms with van der Waals surface area (Å²) < 4.78 is 0. The van der Waals surface area contributed by atoms with Gasteiger partial charge in [-0.3, -0.25) is 0 Å². The minimum Gasteiger partial charge on any atom is -0.311 e. The zero-order chi connectivity index (χ0) is 15.7. The van der Waals surface area contributed by atoms with E-state index in [1.807, 2.05) is 0 Å². The molecular formula is C20H33N. The van der Waals surface area contributed by atoms with Crippen LogP contribution in [0, 0.1) is 12.3 Å². The largest absolute Gasteiger partial charge is 0.311 e. The predicted octanol–water partition coefficient (Wildman–Crippen LogP) is 5.22. The van der Waals surface area contributed by atoms with Crippen LogP contribution < -0.4 is 5.32 Å². The molecule has 1 N–H and O–H groups in total. The van der Waals surface area contributed by atoms with Crippen molar-refractivity contribution >= 4 is 0 Å². The molecule has 1 aromatic carbocycles. The van der Waals surface area contributed by atoms with E-state index < -0.39 is 0 Å². The fraction of sp³-hybridized carbons (Fsp3) is 0.700. The van der Waals surface area contributed by atoms with Crippen LogP contribution in [0.1, 0.15) is 71.4 Å². The van der Waals surface area contributed by atoms with E-state index in [0.717, 1.165) is 6.54 Å². The monoisotopic (exact) mass is 287 g/mol. The summed E-state index contributed by atoms with van der Waals surface area (Å²) in [6.45, 7) is 14.9. The molecule has 0 bridgehead atoms. The van der Waals surface area contributed by atoms with Gasteiger partial charge in [-0.2, -0.15) is 0 Å². The highest BCUT2D eigenvalue weighted by Crippen LogP contribution is 2.59. The molecule has 1 heteroatoms. The Kier molecular flexibility index (Phi) is 4.54. The highest BCUT2D eigenvalue weighted by Gasteiger charge is 2.53. The van der Waals surface area contributed by atoms with Crippen LogP contribution in [-0.4, -0.2) is 12.1 Å². The maximum atomic E-state index is 3.78. The van der Waals surface area contributed by atoms with E-state index in [1.54, 1.807) is 5.56 Å². The number of hydrogen-bond donors (Lipinski definition) is 1. The van der Waals surface area contributed by atoms with Gasteiger partial charge in [-0.05, 0) is 57.1 Å². The smallest absolute Gasteiger partial charge is 0.00968 e. The molecular weight excluding hydrogens is 254 g/mol. The van der Waals surface area contributed by atoms with E-state index in [2.05, 4.69) is 71.1 Å². The first kappa shape index (κ1) is 16.5. The Morgan fingerprint density at radius 3 is 2.10 bits per heavy atom. The molecule has 1 nitrogen and oxygen atoms in total. The fourth-order valence-corrected chi connectivity index (χ4v) is 4.15. The van der Waals surface area contributed by atoms with Crippen molar-refractivity contribution in [3.05, 3.63) is 35.4 Å². The van der Waals surface area contributed by atoms with Gasteiger partial charge in [0.05, 0.1) is 0 Å². The standard InChI is InChI=1S/C20H33N/c1-7-19(8-2)13-20(14-19,15-21-18(4,5)6)17-12-10-9-11-16(17)3/h9-12,21H,7-8,13-15H2,1-6H3. The van der Waals surface area contributed by atoms with Gasteiger partial charge in [0.2, 0.25) is 0 Å². The molecule has 1 aliphatic rings. The lowest BCUT2D eigenvalue weighted by atomic mass is 9.48. The zero-order valence-corrected chi connectivity index (χ0v) is 14.8. The van der Waals surface area contributed by atoms with Crippen molar-refractivity contribution in [2.75, 3.05) is 6.54 Å². The third kappa shape index (κ3) is 3.34. The Morgan fingerprint density at radius 2 is 1.62 bits per heavy atom. The van der Waals surface area contributed by atoms with Crippen molar-refractivity contribution in [1.82, 2.24) is 5.32 Å². The van der Waals surface area contributed by atoms with Gasteiger partial charge in [0.1, 0.15) is 0 Å². The molecule has 0 heterocycles. The molecule has 0 saturated heterocycles. The molecule has 0 aliphatic heterocycles. The number of hydrogen-bond acceptors (Lipinski definition) is 1. The van der Waals surface area contributed by atoms with Gasteiger partial charge in [0, 0.05) is 17.5 Å². The van der Waals surface area contributed by atoms with Gasteiger partial charge < -0.3 is 5.32 Å². The minimum atomic E-state index is 0.187. The van der Waals surface area contributed by atoms with Crippen LogP contribution in [0.2, 0.25) is 0 Å². The number of benzene rings is 1. The average Bonchev–Trinajstić information content (AvgIpc) is 2.39. The first-order valence-electron chi connectivity index (χ1n) is 8.57. The van der Waals surface area contributed by atoms with Gasteiger partial charge in [-0.15, -0.1) is 0 Å². The highest BCUT2D eigenvalue weighted by molar-refractivity contribution is 5.37. The lowest BCUT2D eigenvalue weighted by molar-refractivity contribution is 0.00906.